The maximum absolute atomic E-state index is 1.50. The lowest BCUT2D eigenvalue weighted by Gasteiger charge is -2.05. The minimum Gasteiger partial charge on any atom is -0.0776 e. The van der Waals surface area contributed by atoms with E-state index in [-0.39, 0.29) is 16.3 Å². The van der Waals surface area contributed by atoms with Crippen molar-refractivity contribution in [3.05, 3.63) is 0 Å². The topological polar surface area (TPSA) is 0 Å². The largest absolute Gasteiger partial charge is 0.0776 e. The zero-order valence-electron chi connectivity index (χ0n) is 8.49. The molecule has 90 valence electrons. The zero-order valence-corrected chi connectivity index (χ0v) is 8.49. The quantitative estimate of drug-likeness (QED) is 0.439. The normalized spacial score (nSPS) is 20.6. The number of hydrogen-bond donors (Lipinski definition) is 0. The van der Waals surface area contributed by atoms with Crippen LogP contribution in [-0.4, -0.2) is 0 Å². The molecule has 2 saturated carbocycles. The summed E-state index contributed by atoms with van der Waals surface area (Å²) in [5.41, 5.74) is 0. The van der Waals surface area contributed by atoms with Crippen molar-refractivity contribution in [1.29, 1.82) is 0 Å². The first-order valence-electron chi connectivity index (χ1n) is 6.00. The van der Waals surface area contributed by atoms with E-state index in [1.165, 1.54) is 77.0 Å². The van der Waals surface area contributed by atoms with Crippen LogP contribution < -0.4 is 0 Å². The van der Waals surface area contributed by atoms with E-state index >= 15 is 0 Å². The molecule has 0 aromatic carbocycles. The second-order valence-electron chi connectivity index (χ2n) is 4.24. The Kier molecular flexibility index (Phi) is 15.3. The van der Waals surface area contributed by atoms with Crippen molar-refractivity contribution >= 4 is 0 Å². The van der Waals surface area contributed by atoms with E-state index in [0.29, 0.717) is 0 Å². The highest BCUT2D eigenvalue weighted by molar-refractivity contribution is 4.51. The van der Waals surface area contributed by atoms with E-state index in [1.807, 2.05) is 0 Å². The van der Waals surface area contributed by atoms with E-state index in [9.17, 15) is 0 Å². The molecule has 0 nitrogen and oxygen atoms in total. The molecule has 2 aliphatic carbocycles. The first-order valence-corrected chi connectivity index (χ1v) is 6.00. The van der Waals surface area contributed by atoms with E-state index in [2.05, 4.69) is 0 Å². The second-order valence-corrected chi connectivity index (χ2v) is 4.24. The predicted molar refractivity (Wildman–Crippen MR) is 71.0 cm³/mol. The third kappa shape index (κ3) is 10.1. The van der Waals surface area contributed by atoms with Gasteiger partial charge in [0.25, 0.3) is 0 Å². The van der Waals surface area contributed by atoms with Gasteiger partial charge in [0.15, 0.2) is 0 Å². The molecular formula is C14H34. The van der Waals surface area contributed by atoms with Gasteiger partial charge in [0, 0.05) is 1.43 Å². The fourth-order valence-electron chi connectivity index (χ4n) is 2.12. The first kappa shape index (κ1) is 16.4. The molecule has 0 radical (unpaired) electrons. The van der Waals surface area contributed by atoms with Gasteiger partial charge in [0.05, 0.1) is 0 Å². The van der Waals surface area contributed by atoms with Gasteiger partial charge >= 0.3 is 0 Å². The Balaban J connectivity index is -0.000000160. The van der Waals surface area contributed by atoms with Crippen LogP contribution in [0.1, 0.15) is 93.3 Å². The molecule has 0 atom stereocenters. The summed E-state index contributed by atoms with van der Waals surface area (Å²) in [6.07, 6.45) is 18.0. The average molecular weight is 202 g/mol. The van der Waals surface area contributed by atoms with E-state index < -0.39 is 0 Å². The molecule has 2 rings (SSSR count). The summed E-state index contributed by atoms with van der Waals surface area (Å²) in [5.74, 6) is 0. The molecule has 0 spiro atoms. The SMILES string of the molecule is C.C.C1CCCCC1.C1CCCCC1.[HH]. The van der Waals surface area contributed by atoms with Crippen LogP contribution in [0.5, 0.6) is 0 Å². The van der Waals surface area contributed by atoms with Crippen molar-refractivity contribution in [2.24, 2.45) is 0 Å². The van der Waals surface area contributed by atoms with Crippen molar-refractivity contribution in [2.75, 3.05) is 0 Å². The standard InChI is InChI=1S/2C6H12.2CH4.H2/c2*1-2-4-6-5-3-1;;;/h2*1-6H2;2*1H4;1H. The summed E-state index contributed by atoms with van der Waals surface area (Å²) in [4.78, 5) is 0. The third-order valence-corrected chi connectivity index (χ3v) is 3.00. The molecule has 0 bridgehead atoms. The second kappa shape index (κ2) is 13.0. The molecular weight excluding hydrogens is 168 g/mol. The van der Waals surface area contributed by atoms with E-state index in [0.717, 1.165) is 0 Å². The van der Waals surface area contributed by atoms with Gasteiger partial charge in [-0.25, -0.2) is 0 Å². The Labute approximate surface area is 94.0 Å². The fourth-order valence-corrected chi connectivity index (χ4v) is 2.12. The van der Waals surface area contributed by atoms with Crippen LogP contribution in [0, 0.1) is 0 Å². The van der Waals surface area contributed by atoms with Crippen LogP contribution in [0.15, 0.2) is 0 Å². The minimum absolute atomic E-state index is 0. The van der Waals surface area contributed by atoms with E-state index in [4.69, 9.17) is 0 Å². The molecule has 0 aromatic heterocycles. The summed E-state index contributed by atoms with van der Waals surface area (Å²) < 4.78 is 0. The summed E-state index contributed by atoms with van der Waals surface area (Å²) in [5, 5.41) is 0. The predicted octanol–water partition coefficient (Wildman–Crippen LogP) is 6.20. The Morgan fingerprint density at radius 3 is 0.429 bits per heavy atom. The molecule has 0 saturated heterocycles. The summed E-state index contributed by atoms with van der Waals surface area (Å²) in [6.45, 7) is 0. The Morgan fingerprint density at radius 1 is 0.286 bits per heavy atom. The first-order chi connectivity index (χ1) is 6.00. The van der Waals surface area contributed by atoms with Crippen molar-refractivity contribution in [2.45, 2.75) is 91.9 Å². The molecule has 2 aliphatic rings. The lowest BCUT2D eigenvalue weighted by atomic mass is 10.0. The van der Waals surface area contributed by atoms with Gasteiger partial charge in [-0.3, -0.25) is 0 Å². The zero-order chi connectivity index (χ0) is 8.49. The maximum Gasteiger partial charge on any atom is 0 e. The van der Waals surface area contributed by atoms with Gasteiger partial charge in [-0.05, 0) is 0 Å². The Morgan fingerprint density at radius 2 is 0.357 bits per heavy atom. The summed E-state index contributed by atoms with van der Waals surface area (Å²) in [6, 6.07) is 0. The molecule has 0 unspecified atom stereocenters. The average Bonchev–Trinajstić information content (AvgIpc) is 2.24. The van der Waals surface area contributed by atoms with Crippen LogP contribution in [0.25, 0.3) is 0 Å². The summed E-state index contributed by atoms with van der Waals surface area (Å²) >= 11 is 0. The Bertz CT molecular complexity index is 48.3. The molecule has 14 heavy (non-hydrogen) atoms. The molecule has 2 fully saturated rings. The highest BCUT2D eigenvalue weighted by Gasteiger charge is 1.96. The van der Waals surface area contributed by atoms with Crippen molar-refractivity contribution in [1.82, 2.24) is 0 Å². The van der Waals surface area contributed by atoms with Crippen LogP contribution >= 0.6 is 0 Å². The highest BCUT2D eigenvalue weighted by Crippen LogP contribution is 2.15. The van der Waals surface area contributed by atoms with Gasteiger partial charge < -0.3 is 0 Å². The van der Waals surface area contributed by atoms with Crippen LogP contribution in [0.3, 0.4) is 0 Å². The maximum atomic E-state index is 1.50. The van der Waals surface area contributed by atoms with Gasteiger partial charge in [0.1, 0.15) is 0 Å². The van der Waals surface area contributed by atoms with Gasteiger partial charge in [-0.1, -0.05) is 91.9 Å². The van der Waals surface area contributed by atoms with Gasteiger partial charge in [-0.2, -0.15) is 0 Å². The molecule has 0 N–H and O–H groups in total. The van der Waals surface area contributed by atoms with Gasteiger partial charge in [0.2, 0.25) is 0 Å². The van der Waals surface area contributed by atoms with Crippen LogP contribution in [0.4, 0.5) is 0 Å². The minimum atomic E-state index is 0. The number of rotatable bonds is 0. The lowest BCUT2D eigenvalue weighted by molar-refractivity contribution is 0.504. The van der Waals surface area contributed by atoms with Crippen molar-refractivity contribution in [3.63, 3.8) is 0 Å². The molecule has 0 heteroatoms. The molecule has 0 heterocycles. The van der Waals surface area contributed by atoms with Gasteiger partial charge in [-0.15, -0.1) is 0 Å². The van der Waals surface area contributed by atoms with Crippen molar-refractivity contribution < 1.29 is 1.43 Å². The molecule has 0 aromatic rings. The van der Waals surface area contributed by atoms with Crippen molar-refractivity contribution in [3.8, 4) is 0 Å². The third-order valence-electron chi connectivity index (χ3n) is 3.00. The van der Waals surface area contributed by atoms with Crippen LogP contribution in [-0.2, 0) is 0 Å². The number of hydrogen-bond acceptors (Lipinski definition) is 0. The molecule has 0 amide bonds. The molecule has 0 aliphatic heterocycles. The monoisotopic (exact) mass is 202 g/mol. The Hall–Kier alpha value is 0. The van der Waals surface area contributed by atoms with E-state index in [1.54, 1.807) is 0 Å². The summed E-state index contributed by atoms with van der Waals surface area (Å²) in [7, 11) is 0. The smallest absolute Gasteiger partial charge is 0 e. The highest BCUT2D eigenvalue weighted by atomic mass is 14.0. The van der Waals surface area contributed by atoms with Crippen LogP contribution in [0.2, 0.25) is 0 Å². The fraction of sp³-hybridized carbons (Fsp3) is 1.00. The lowest BCUT2D eigenvalue weighted by Crippen LogP contribution is -1.85.